The van der Waals surface area contributed by atoms with Crippen molar-refractivity contribution in [3.05, 3.63) is 29.3 Å². The monoisotopic (exact) mass is 207 g/mol. The summed E-state index contributed by atoms with van der Waals surface area (Å²) < 4.78 is 5.30. The van der Waals surface area contributed by atoms with E-state index in [-0.39, 0.29) is 0 Å². The van der Waals surface area contributed by atoms with Gasteiger partial charge >= 0.3 is 0 Å². The molecule has 0 radical (unpaired) electrons. The number of rotatable bonds is 2. The average Bonchev–Trinajstić information content (AvgIpc) is 2.28. The fourth-order valence-electron chi connectivity index (χ4n) is 2.30. The molecule has 3 N–H and O–H groups in total. The van der Waals surface area contributed by atoms with Gasteiger partial charge in [-0.1, -0.05) is 12.1 Å². The van der Waals surface area contributed by atoms with E-state index in [0.29, 0.717) is 12.5 Å². The lowest BCUT2D eigenvalue weighted by Gasteiger charge is -2.28. The normalized spacial score (nSPS) is 24.7. The Bertz CT molecular complexity index is 351. The molecule has 2 atom stereocenters. The van der Waals surface area contributed by atoms with Gasteiger partial charge in [0.25, 0.3) is 0 Å². The molecule has 2 rings (SSSR count). The highest BCUT2D eigenvalue weighted by atomic mass is 16.5. The third kappa shape index (κ3) is 1.85. The van der Waals surface area contributed by atoms with Crippen molar-refractivity contribution in [3.8, 4) is 5.75 Å². The Labute approximate surface area is 89.9 Å². The quantitative estimate of drug-likeness (QED) is 0.767. The third-order valence-corrected chi connectivity index (χ3v) is 3.13. The maximum Gasteiger partial charge on any atom is 0.122 e. The first-order chi connectivity index (χ1) is 7.26. The number of hydrogen-bond acceptors (Lipinski definition) is 3. The maximum absolute atomic E-state index is 9.97. The van der Waals surface area contributed by atoms with Crippen molar-refractivity contribution in [2.24, 2.45) is 11.7 Å². The topological polar surface area (TPSA) is 55.5 Å². The van der Waals surface area contributed by atoms with Crippen LogP contribution in [0.5, 0.6) is 5.75 Å². The first-order valence-corrected chi connectivity index (χ1v) is 5.30. The van der Waals surface area contributed by atoms with Gasteiger partial charge in [0.2, 0.25) is 0 Å². The van der Waals surface area contributed by atoms with Crippen LogP contribution in [0.3, 0.4) is 0 Å². The summed E-state index contributed by atoms with van der Waals surface area (Å²) in [6, 6.07) is 5.82. The van der Waals surface area contributed by atoms with Crippen molar-refractivity contribution in [2.75, 3.05) is 13.7 Å². The minimum Gasteiger partial charge on any atom is -0.496 e. The number of benzene rings is 1. The summed E-state index contributed by atoms with van der Waals surface area (Å²) in [6.45, 7) is 0.620. The summed E-state index contributed by atoms with van der Waals surface area (Å²) >= 11 is 0. The Morgan fingerprint density at radius 2 is 2.33 bits per heavy atom. The summed E-state index contributed by atoms with van der Waals surface area (Å²) in [5, 5.41) is 9.97. The van der Waals surface area contributed by atoms with Gasteiger partial charge in [-0.05, 0) is 36.9 Å². The molecule has 0 saturated heterocycles. The Kier molecular flexibility index (Phi) is 2.93. The number of aliphatic hydroxyl groups excluding tert-OH is 1. The van der Waals surface area contributed by atoms with Crippen LogP contribution in [0.2, 0.25) is 0 Å². The molecule has 3 nitrogen and oxygen atoms in total. The van der Waals surface area contributed by atoms with Crippen LogP contribution in [0, 0.1) is 5.92 Å². The van der Waals surface area contributed by atoms with E-state index in [0.717, 1.165) is 29.7 Å². The predicted molar refractivity (Wildman–Crippen MR) is 58.8 cm³/mol. The second kappa shape index (κ2) is 4.21. The lowest BCUT2D eigenvalue weighted by Crippen LogP contribution is -2.25. The van der Waals surface area contributed by atoms with Crippen molar-refractivity contribution in [1.82, 2.24) is 0 Å². The highest BCUT2D eigenvalue weighted by Gasteiger charge is 2.26. The highest BCUT2D eigenvalue weighted by molar-refractivity contribution is 5.43. The molecule has 1 aliphatic carbocycles. The van der Waals surface area contributed by atoms with Crippen LogP contribution in [0.15, 0.2) is 18.2 Å². The van der Waals surface area contributed by atoms with Crippen LogP contribution in [-0.4, -0.2) is 18.8 Å². The van der Waals surface area contributed by atoms with E-state index in [9.17, 15) is 5.11 Å². The van der Waals surface area contributed by atoms with E-state index in [2.05, 4.69) is 0 Å². The zero-order chi connectivity index (χ0) is 10.8. The molecule has 0 aromatic heterocycles. The Morgan fingerprint density at radius 1 is 1.53 bits per heavy atom. The minimum absolute atomic E-state index is 0.365. The van der Waals surface area contributed by atoms with Crippen LogP contribution in [0.25, 0.3) is 0 Å². The summed E-state index contributed by atoms with van der Waals surface area (Å²) in [5.41, 5.74) is 7.78. The van der Waals surface area contributed by atoms with Gasteiger partial charge in [0.15, 0.2) is 0 Å². The first kappa shape index (κ1) is 10.5. The molecule has 0 heterocycles. The van der Waals surface area contributed by atoms with E-state index in [1.165, 1.54) is 0 Å². The zero-order valence-corrected chi connectivity index (χ0v) is 8.94. The predicted octanol–water partition coefficient (Wildman–Crippen LogP) is 1.25. The van der Waals surface area contributed by atoms with E-state index >= 15 is 0 Å². The molecule has 0 bridgehead atoms. The Hall–Kier alpha value is -1.06. The van der Waals surface area contributed by atoms with Crippen molar-refractivity contribution in [3.63, 3.8) is 0 Å². The van der Waals surface area contributed by atoms with Gasteiger partial charge in [-0.25, -0.2) is 0 Å². The minimum atomic E-state index is -0.391. The van der Waals surface area contributed by atoms with Crippen LogP contribution < -0.4 is 10.5 Å². The zero-order valence-electron chi connectivity index (χ0n) is 8.94. The number of ether oxygens (including phenoxy) is 1. The fourth-order valence-corrected chi connectivity index (χ4v) is 2.30. The summed E-state index contributed by atoms with van der Waals surface area (Å²) in [4.78, 5) is 0. The fraction of sp³-hybridized carbons (Fsp3) is 0.500. The number of hydrogen-bond donors (Lipinski definition) is 2. The number of aliphatic hydroxyl groups is 1. The summed E-state index contributed by atoms with van der Waals surface area (Å²) in [6.07, 6.45) is 1.28. The van der Waals surface area contributed by atoms with Crippen LogP contribution in [0.1, 0.15) is 23.7 Å². The van der Waals surface area contributed by atoms with Crippen LogP contribution >= 0.6 is 0 Å². The van der Waals surface area contributed by atoms with Gasteiger partial charge < -0.3 is 15.6 Å². The highest BCUT2D eigenvalue weighted by Crippen LogP contribution is 2.37. The molecule has 0 aliphatic heterocycles. The van der Waals surface area contributed by atoms with Crippen molar-refractivity contribution < 1.29 is 9.84 Å². The molecular formula is C12H17NO2. The molecule has 1 aromatic rings. The van der Waals surface area contributed by atoms with Gasteiger partial charge in [-0.2, -0.15) is 0 Å². The van der Waals surface area contributed by atoms with E-state index in [4.69, 9.17) is 10.5 Å². The van der Waals surface area contributed by atoms with Crippen LogP contribution in [-0.2, 0) is 6.42 Å². The van der Waals surface area contributed by atoms with Gasteiger partial charge in [-0.15, -0.1) is 0 Å². The van der Waals surface area contributed by atoms with Crippen molar-refractivity contribution in [2.45, 2.75) is 18.9 Å². The van der Waals surface area contributed by atoms with E-state index < -0.39 is 6.10 Å². The molecule has 2 unspecified atom stereocenters. The molecule has 0 amide bonds. The average molecular weight is 207 g/mol. The first-order valence-electron chi connectivity index (χ1n) is 5.30. The molecule has 0 fully saturated rings. The summed E-state index contributed by atoms with van der Waals surface area (Å²) in [5.74, 6) is 1.23. The molecule has 82 valence electrons. The number of nitrogens with two attached hydrogens (primary N) is 1. The molecule has 1 aromatic carbocycles. The Balaban J connectivity index is 2.40. The van der Waals surface area contributed by atoms with Crippen molar-refractivity contribution >= 4 is 0 Å². The lowest BCUT2D eigenvalue weighted by molar-refractivity contribution is 0.132. The molecule has 0 spiro atoms. The molecular weight excluding hydrogens is 190 g/mol. The second-order valence-corrected chi connectivity index (χ2v) is 4.09. The smallest absolute Gasteiger partial charge is 0.122 e. The maximum atomic E-state index is 9.97. The third-order valence-electron chi connectivity index (χ3n) is 3.13. The number of methoxy groups -OCH3 is 1. The van der Waals surface area contributed by atoms with Crippen LogP contribution in [0.4, 0.5) is 0 Å². The van der Waals surface area contributed by atoms with Gasteiger partial charge in [-0.3, -0.25) is 0 Å². The second-order valence-electron chi connectivity index (χ2n) is 4.09. The van der Waals surface area contributed by atoms with Crippen molar-refractivity contribution in [1.29, 1.82) is 0 Å². The van der Waals surface area contributed by atoms with E-state index in [1.807, 2.05) is 18.2 Å². The largest absolute Gasteiger partial charge is 0.496 e. The molecule has 3 heteroatoms. The lowest BCUT2D eigenvalue weighted by atomic mass is 9.81. The van der Waals surface area contributed by atoms with Gasteiger partial charge in [0.05, 0.1) is 13.2 Å². The van der Waals surface area contributed by atoms with Gasteiger partial charge in [0.1, 0.15) is 5.75 Å². The molecule has 15 heavy (non-hydrogen) atoms. The number of fused-ring (bicyclic) bond motifs is 1. The molecule has 0 saturated carbocycles. The molecule has 1 aliphatic rings. The summed E-state index contributed by atoms with van der Waals surface area (Å²) in [7, 11) is 1.66. The van der Waals surface area contributed by atoms with E-state index in [1.54, 1.807) is 7.11 Å². The standard InChI is InChI=1S/C12H17NO2/c1-15-12-4-2-3-9-10(12)5-8(7-13)6-11(9)14/h2-4,8,11,14H,5-7,13H2,1H3. The van der Waals surface area contributed by atoms with Gasteiger partial charge in [0, 0.05) is 5.56 Å². The Morgan fingerprint density at radius 3 is 3.00 bits per heavy atom. The SMILES string of the molecule is COc1cccc2c1CC(CN)CC2O.